The van der Waals surface area contributed by atoms with Gasteiger partial charge in [0.1, 0.15) is 6.04 Å². The van der Waals surface area contributed by atoms with E-state index in [1.54, 1.807) is 0 Å². The average Bonchev–Trinajstić information content (AvgIpc) is 2.90. The summed E-state index contributed by atoms with van der Waals surface area (Å²) in [4.78, 5) is 14.7. The van der Waals surface area contributed by atoms with Gasteiger partial charge >= 0.3 is 0 Å². The van der Waals surface area contributed by atoms with E-state index >= 15 is 0 Å². The van der Waals surface area contributed by atoms with E-state index < -0.39 is 0 Å². The van der Waals surface area contributed by atoms with Crippen molar-refractivity contribution in [2.75, 3.05) is 19.6 Å². The lowest BCUT2D eigenvalue weighted by molar-refractivity contribution is -0.137. The molecule has 3 rings (SSSR count). The van der Waals surface area contributed by atoms with Crippen molar-refractivity contribution in [2.45, 2.75) is 25.9 Å². The van der Waals surface area contributed by atoms with E-state index in [-0.39, 0.29) is 18.0 Å². The van der Waals surface area contributed by atoms with E-state index in [9.17, 15) is 4.79 Å². The van der Waals surface area contributed by atoms with E-state index in [2.05, 4.69) is 35.0 Å². The molecule has 0 spiro atoms. The third kappa shape index (κ3) is 2.20. The second-order valence-corrected chi connectivity index (χ2v) is 5.54. The molecule has 0 aliphatic carbocycles. The van der Waals surface area contributed by atoms with Gasteiger partial charge < -0.3 is 14.8 Å². The van der Waals surface area contributed by atoms with Crippen LogP contribution in [-0.4, -0.2) is 41.1 Å². The van der Waals surface area contributed by atoms with Gasteiger partial charge in [-0.15, -0.1) is 0 Å². The van der Waals surface area contributed by atoms with E-state index in [1.165, 1.54) is 5.39 Å². The largest absolute Gasteiger partial charge is 0.336 e. The van der Waals surface area contributed by atoms with Crippen molar-refractivity contribution in [1.82, 2.24) is 14.8 Å². The number of fused-ring (bicyclic) bond motifs is 1. The highest BCUT2D eigenvalue weighted by Gasteiger charge is 2.27. The molecule has 0 bridgehead atoms. The molecule has 1 fully saturated rings. The molecule has 1 aromatic heterocycles. The quantitative estimate of drug-likeness (QED) is 0.907. The lowest BCUT2D eigenvalue weighted by atomic mass is 10.1. The van der Waals surface area contributed by atoms with Crippen LogP contribution in [0.2, 0.25) is 0 Å². The standard InChI is InChI=1S/C16H21N3O/c1-12-11-17-8-10-18(12)16(20)13(2)19-9-7-14-5-3-4-6-15(14)19/h3-7,9,12-13,17H,8,10-11H2,1-2H3/t12?,13-/m1/s1. The molecule has 2 atom stereocenters. The summed E-state index contributed by atoms with van der Waals surface area (Å²) in [5, 5.41) is 4.50. The zero-order chi connectivity index (χ0) is 14.1. The summed E-state index contributed by atoms with van der Waals surface area (Å²) in [5.41, 5.74) is 1.12. The molecule has 1 saturated heterocycles. The van der Waals surface area contributed by atoms with Crippen LogP contribution in [0, 0.1) is 0 Å². The molecule has 1 aliphatic heterocycles. The molecule has 0 saturated carbocycles. The molecule has 1 N–H and O–H groups in total. The number of nitrogens with one attached hydrogen (secondary N) is 1. The minimum absolute atomic E-state index is 0.157. The van der Waals surface area contributed by atoms with E-state index in [4.69, 9.17) is 0 Å². The molecule has 2 heterocycles. The molecule has 1 aliphatic rings. The second kappa shape index (κ2) is 5.29. The third-order valence-electron chi connectivity index (χ3n) is 4.19. The highest BCUT2D eigenvalue weighted by molar-refractivity contribution is 5.85. The summed E-state index contributed by atoms with van der Waals surface area (Å²) in [6.07, 6.45) is 2.01. The second-order valence-electron chi connectivity index (χ2n) is 5.54. The number of rotatable bonds is 2. The van der Waals surface area contributed by atoms with E-state index in [0.29, 0.717) is 0 Å². The first-order valence-electron chi connectivity index (χ1n) is 7.25. The zero-order valence-corrected chi connectivity index (χ0v) is 12.0. The number of piperazine rings is 1. The van der Waals surface area contributed by atoms with Crippen LogP contribution in [0.3, 0.4) is 0 Å². The van der Waals surface area contributed by atoms with Crippen molar-refractivity contribution < 1.29 is 4.79 Å². The van der Waals surface area contributed by atoms with Gasteiger partial charge in [-0.25, -0.2) is 0 Å². The van der Waals surface area contributed by atoms with Crippen molar-refractivity contribution >= 4 is 16.8 Å². The number of carbonyl (C=O) groups is 1. The molecule has 4 nitrogen and oxygen atoms in total. The van der Waals surface area contributed by atoms with Gasteiger partial charge in [0.15, 0.2) is 0 Å². The molecular weight excluding hydrogens is 250 g/mol. The maximum absolute atomic E-state index is 12.7. The number of aromatic nitrogens is 1. The van der Waals surface area contributed by atoms with Crippen LogP contribution in [0.1, 0.15) is 19.9 Å². The molecule has 106 valence electrons. The maximum atomic E-state index is 12.7. The van der Waals surface area contributed by atoms with Gasteiger partial charge in [-0.05, 0) is 31.4 Å². The summed E-state index contributed by atoms with van der Waals surface area (Å²) in [6.45, 7) is 6.65. The van der Waals surface area contributed by atoms with Crippen molar-refractivity contribution in [1.29, 1.82) is 0 Å². The fourth-order valence-corrected chi connectivity index (χ4v) is 2.97. The van der Waals surface area contributed by atoms with Crippen LogP contribution < -0.4 is 5.32 Å². The summed E-state index contributed by atoms with van der Waals surface area (Å²) in [6, 6.07) is 10.4. The van der Waals surface area contributed by atoms with Crippen molar-refractivity contribution in [2.24, 2.45) is 0 Å². The Labute approximate surface area is 119 Å². The third-order valence-corrected chi connectivity index (χ3v) is 4.19. The number of carbonyl (C=O) groups excluding carboxylic acids is 1. The summed E-state index contributed by atoms with van der Waals surface area (Å²) >= 11 is 0. The number of para-hydroxylation sites is 1. The van der Waals surface area contributed by atoms with Crippen LogP contribution >= 0.6 is 0 Å². The Hall–Kier alpha value is -1.81. The molecule has 1 amide bonds. The lowest BCUT2D eigenvalue weighted by Crippen LogP contribution is -2.53. The first-order valence-corrected chi connectivity index (χ1v) is 7.25. The van der Waals surface area contributed by atoms with Gasteiger partial charge in [0.05, 0.1) is 0 Å². The Morgan fingerprint density at radius 3 is 2.95 bits per heavy atom. The van der Waals surface area contributed by atoms with Gasteiger partial charge in [0.25, 0.3) is 0 Å². The normalized spacial score (nSPS) is 21.1. The van der Waals surface area contributed by atoms with Crippen LogP contribution in [0.4, 0.5) is 0 Å². The maximum Gasteiger partial charge on any atom is 0.245 e. The number of benzene rings is 1. The first kappa shape index (κ1) is 13.2. The summed E-state index contributed by atoms with van der Waals surface area (Å²) < 4.78 is 2.08. The van der Waals surface area contributed by atoms with Crippen LogP contribution in [0.25, 0.3) is 10.9 Å². The molecular formula is C16H21N3O. The lowest BCUT2D eigenvalue weighted by Gasteiger charge is -2.36. The minimum atomic E-state index is -0.157. The SMILES string of the molecule is CC1CNCCN1C(=O)[C@@H](C)n1ccc2ccccc21. The molecule has 1 aromatic carbocycles. The van der Waals surface area contributed by atoms with E-state index in [0.717, 1.165) is 25.2 Å². The van der Waals surface area contributed by atoms with Crippen molar-refractivity contribution in [3.8, 4) is 0 Å². The number of hydrogen-bond acceptors (Lipinski definition) is 2. The number of amides is 1. The molecule has 20 heavy (non-hydrogen) atoms. The topological polar surface area (TPSA) is 37.3 Å². The molecule has 1 unspecified atom stereocenters. The highest BCUT2D eigenvalue weighted by atomic mass is 16.2. The Kier molecular flexibility index (Phi) is 3.49. The fourth-order valence-electron chi connectivity index (χ4n) is 2.97. The highest BCUT2D eigenvalue weighted by Crippen LogP contribution is 2.22. The monoisotopic (exact) mass is 271 g/mol. The Morgan fingerprint density at radius 1 is 1.35 bits per heavy atom. The molecule has 4 heteroatoms. The number of nitrogens with zero attached hydrogens (tertiary/aromatic N) is 2. The Balaban J connectivity index is 1.88. The van der Waals surface area contributed by atoms with Crippen LogP contribution in [-0.2, 0) is 4.79 Å². The van der Waals surface area contributed by atoms with Crippen molar-refractivity contribution in [3.63, 3.8) is 0 Å². The van der Waals surface area contributed by atoms with Crippen LogP contribution in [0.15, 0.2) is 36.5 Å². The average molecular weight is 271 g/mol. The smallest absolute Gasteiger partial charge is 0.245 e. The zero-order valence-electron chi connectivity index (χ0n) is 12.0. The van der Waals surface area contributed by atoms with Gasteiger partial charge in [0.2, 0.25) is 5.91 Å². The fraction of sp³-hybridized carbons (Fsp3) is 0.438. The minimum Gasteiger partial charge on any atom is -0.336 e. The summed E-state index contributed by atoms with van der Waals surface area (Å²) in [5.74, 6) is 0.209. The summed E-state index contributed by atoms with van der Waals surface area (Å²) in [7, 11) is 0. The van der Waals surface area contributed by atoms with E-state index in [1.807, 2.05) is 30.2 Å². The Morgan fingerprint density at radius 2 is 2.15 bits per heavy atom. The van der Waals surface area contributed by atoms with Gasteiger partial charge in [0, 0.05) is 37.4 Å². The molecule has 2 aromatic rings. The predicted octanol–water partition coefficient (Wildman–Crippen LogP) is 2.02. The predicted molar refractivity (Wildman–Crippen MR) is 80.7 cm³/mol. The Bertz CT molecular complexity index is 619. The van der Waals surface area contributed by atoms with Gasteiger partial charge in [-0.1, -0.05) is 18.2 Å². The van der Waals surface area contributed by atoms with Crippen LogP contribution in [0.5, 0.6) is 0 Å². The number of hydrogen-bond donors (Lipinski definition) is 1. The molecule has 0 radical (unpaired) electrons. The van der Waals surface area contributed by atoms with Crippen molar-refractivity contribution in [3.05, 3.63) is 36.5 Å². The van der Waals surface area contributed by atoms with Gasteiger partial charge in [-0.2, -0.15) is 0 Å². The first-order chi connectivity index (χ1) is 9.68. The van der Waals surface area contributed by atoms with Gasteiger partial charge in [-0.3, -0.25) is 4.79 Å².